The highest BCUT2D eigenvalue weighted by atomic mass is 79.9. The second-order valence-electron chi connectivity index (χ2n) is 4.97. The number of nitrogens with one attached hydrogen (secondary N) is 1. The molecule has 1 N–H and O–H groups in total. The lowest BCUT2D eigenvalue weighted by atomic mass is 10.2. The van der Waals surface area contributed by atoms with Crippen LogP contribution in [0, 0.1) is 12.7 Å². The van der Waals surface area contributed by atoms with E-state index < -0.39 is 0 Å². The molecule has 0 atom stereocenters. The van der Waals surface area contributed by atoms with Gasteiger partial charge in [0.15, 0.2) is 11.6 Å². The number of aryl methyl sites for hydroxylation is 1. The highest BCUT2D eigenvalue weighted by Crippen LogP contribution is 2.29. The van der Waals surface area contributed by atoms with E-state index in [2.05, 4.69) is 28.2 Å². The molecule has 0 radical (unpaired) electrons. The van der Waals surface area contributed by atoms with Gasteiger partial charge in [-0.05, 0) is 55.3 Å². The van der Waals surface area contributed by atoms with Crippen LogP contribution in [0.4, 0.5) is 4.39 Å². The van der Waals surface area contributed by atoms with Gasteiger partial charge in [0.25, 0.3) is 0 Å². The number of hydrogen-bond acceptors (Lipinski definition) is 2. The minimum absolute atomic E-state index is 0.249. The van der Waals surface area contributed by atoms with E-state index in [0.29, 0.717) is 5.75 Å². The first kappa shape index (κ1) is 16.0. The molecule has 2 aromatic rings. The largest absolute Gasteiger partial charge is 0.454 e. The van der Waals surface area contributed by atoms with Gasteiger partial charge in [0, 0.05) is 11.0 Å². The molecule has 4 heteroatoms. The fourth-order valence-electron chi connectivity index (χ4n) is 1.95. The van der Waals surface area contributed by atoms with E-state index in [4.69, 9.17) is 4.74 Å². The average molecular weight is 352 g/mol. The molecule has 0 aliphatic carbocycles. The van der Waals surface area contributed by atoms with E-state index >= 15 is 0 Å². The summed E-state index contributed by atoms with van der Waals surface area (Å²) in [6.07, 6.45) is 1.10. The molecule has 0 bridgehead atoms. The summed E-state index contributed by atoms with van der Waals surface area (Å²) < 4.78 is 20.3. The smallest absolute Gasteiger partial charge is 0.165 e. The van der Waals surface area contributed by atoms with Gasteiger partial charge in [0.05, 0.1) is 0 Å². The van der Waals surface area contributed by atoms with Crippen molar-refractivity contribution in [2.45, 2.75) is 26.8 Å². The van der Waals surface area contributed by atoms with Crippen molar-refractivity contribution in [2.75, 3.05) is 6.54 Å². The van der Waals surface area contributed by atoms with Gasteiger partial charge in [-0.2, -0.15) is 0 Å². The summed E-state index contributed by atoms with van der Waals surface area (Å²) in [6, 6.07) is 10.5. The minimum atomic E-state index is -0.356. The first-order valence-corrected chi connectivity index (χ1v) is 7.82. The second kappa shape index (κ2) is 7.57. The van der Waals surface area contributed by atoms with Crippen molar-refractivity contribution in [2.24, 2.45) is 0 Å². The number of halogens is 2. The van der Waals surface area contributed by atoms with Gasteiger partial charge in [-0.3, -0.25) is 0 Å². The zero-order valence-electron chi connectivity index (χ0n) is 12.2. The molecule has 0 aromatic heterocycles. The SMILES string of the molecule is CCCNCc1ccc(Oc2cc(C)ccc2F)cc1Br. The third kappa shape index (κ3) is 4.55. The lowest BCUT2D eigenvalue weighted by molar-refractivity contribution is 0.441. The lowest BCUT2D eigenvalue weighted by Crippen LogP contribution is -2.14. The zero-order valence-corrected chi connectivity index (χ0v) is 13.8. The molecule has 112 valence electrons. The Morgan fingerprint density at radius 1 is 1.19 bits per heavy atom. The molecule has 0 unspecified atom stereocenters. The number of hydrogen-bond donors (Lipinski definition) is 1. The van der Waals surface area contributed by atoms with Crippen LogP contribution in [0.5, 0.6) is 11.5 Å². The monoisotopic (exact) mass is 351 g/mol. The standard InChI is InChI=1S/C17H19BrFNO/c1-3-8-20-11-13-5-6-14(10-15(13)18)21-17-9-12(2)4-7-16(17)19/h4-7,9-10,20H,3,8,11H2,1-2H3. The Labute approximate surface area is 133 Å². The summed E-state index contributed by atoms with van der Waals surface area (Å²) in [5, 5.41) is 3.35. The van der Waals surface area contributed by atoms with Crippen molar-refractivity contribution in [3.05, 3.63) is 57.8 Å². The molecular weight excluding hydrogens is 333 g/mol. The first-order chi connectivity index (χ1) is 10.1. The normalized spacial score (nSPS) is 10.7. The van der Waals surface area contributed by atoms with Crippen LogP contribution in [0.2, 0.25) is 0 Å². The van der Waals surface area contributed by atoms with Gasteiger partial charge in [-0.1, -0.05) is 35.0 Å². The van der Waals surface area contributed by atoms with Crippen molar-refractivity contribution in [1.29, 1.82) is 0 Å². The predicted molar refractivity (Wildman–Crippen MR) is 87.4 cm³/mol. The van der Waals surface area contributed by atoms with Crippen molar-refractivity contribution < 1.29 is 9.13 Å². The molecule has 0 aliphatic heterocycles. The maximum Gasteiger partial charge on any atom is 0.165 e. The molecule has 2 rings (SSSR count). The first-order valence-electron chi connectivity index (χ1n) is 7.03. The van der Waals surface area contributed by atoms with E-state index in [0.717, 1.165) is 35.1 Å². The molecule has 0 amide bonds. The summed E-state index contributed by atoms with van der Waals surface area (Å²) in [5.74, 6) is 0.509. The summed E-state index contributed by atoms with van der Waals surface area (Å²) >= 11 is 3.53. The molecule has 0 spiro atoms. The Morgan fingerprint density at radius 3 is 2.71 bits per heavy atom. The van der Waals surface area contributed by atoms with Gasteiger partial charge in [-0.25, -0.2) is 4.39 Å². The van der Waals surface area contributed by atoms with E-state index in [1.165, 1.54) is 6.07 Å². The zero-order chi connectivity index (χ0) is 15.2. The number of benzene rings is 2. The molecule has 0 saturated heterocycles. The van der Waals surface area contributed by atoms with E-state index in [-0.39, 0.29) is 11.6 Å². The topological polar surface area (TPSA) is 21.3 Å². The van der Waals surface area contributed by atoms with E-state index in [1.54, 1.807) is 12.1 Å². The van der Waals surface area contributed by atoms with Crippen molar-refractivity contribution >= 4 is 15.9 Å². The van der Waals surface area contributed by atoms with Crippen LogP contribution in [-0.4, -0.2) is 6.54 Å². The number of rotatable bonds is 6. The molecule has 0 heterocycles. The third-order valence-corrected chi connectivity index (χ3v) is 3.82. The average Bonchev–Trinajstić information content (AvgIpc) is 2.45. The van der Waals surface area contributed by atoms with Gasteiger partial charge >= 0.3 is 0 Å². The van der Waals surface area contributed by atoms with Crippen molar-refractivity contribution in [1.82, 2.24) is 5.32 Å². The summed E-state index contributed by atoms with van der Waals surface area (Å²) in [6.45, 7) is 5.83. The van der Waals surface area contributed by atoms with Crippen LogP contribution in [0.25, 0.3) is 0 Å². The van der Waals surface area contributed by atoms with E-state index in [9.17, 15) is 4.39 Å². The molecule has 0 aliphatic rings. The van der Waals surface area contributed by atoms with Gasteiger partial charge in [0.2, 0.25) is 0 Å². The summed E-state index contributed by atoms with van der Waals surface area (Å²) in [5.41, 5.74) is 2.12. The Morgan fingerprint density at radius 2 is 2.00 bits per heavy atom. The summed E-state index contributed by atoms with van der Waals surface area (Å²) in [4.78, 5) is 0. The lowest BCUT2D eigenvalue weighted by Gasteiger charge is -2.11. The Balaban J connectivity index is 2.11. The van der Waals surface area contributed by atoms with Crippen LogP contribution in [-0.2, 0) is 6.54 Å². The number of ether oxygens (including phenoxy) is 1. The van der Waals surface area contributed by atoms with Crippen LogP contribution in [0.3, 0.4) is 0 Å². The van der Waals surface area contributed by atoms with Crippen molar-refractivity contribution in [3.8, 4) is 11.5 Å². The molecule has 0 saturated carbocycles. The fourth-order valence-corrected chi connectivity index (χ4v) is 2.45. The maximum atomic E-state index is 13.7. The van der Waals surface area contributed by atoms with Gasteiger partial charge in [-0.15, -0.1) is 0 Å². The third-order valence-electron chi connectivity index (χ3n) is 3.08. The Bertz CT molecular complexity index is 616. The van der Waals surface area contributed by atoms with Crippen LogP contribution < -0.4 is 10.1 Å². The molecule has 21 heavy (non-hydrogen) atoms. The highest BCUT2D eigenvalue weighted by Gasteiger charge is 2.07. The summed E-state index contributed by atoms with van der Waals surface area (Å²) in [7, 11) is 0. The van der Waals surface area contributed by atoms with Gasteiger partial charge in [0.1, 0.15) is 5.75 Å². The molecule has 2 aromatic carbocycles. The van der Waals surface area contributed by atoms with Crippen molar-refractivity contribution in [3.63, 3.8) is 0 Å². The molecular formula is C17H19BrFNO. The molecule has 0 fully saturated rings. The predicted octanol–water partition coefficient (Wildman–Crippen LogP) is 5.19. The Hall–Kier alpha value is -1.39. The van der Waals surface area contributed by atoms with E-state index in [1.807, 2.05) is 25.1 Å². The van der Waals surface area contributed by atoms with Crippen LogP contribution in [0.1, 0.15) is 24.5 Å². The van der Waals surface area contributed by atoms with Crippen LogP contribution >= 0.6 is 15.9 Å². The molecule has 2 nitrogen and oxygen atoms in total. The fraction of sp³-hybridized carbons (Fsp3) is 0.294. The Kier molecular flexibility index (Phi) is 5.76. The maximum absolute atomic E-state index is 13.7. The quantitative estimate of drug-likeness (QED) is 0.723. The highest BCUT2D eigenvalue weighted by molar-refractivity contribution is 9.10. The van der Waals surface area contributed by atoms with Crippen LogP contribution in [0.15, 0.2) is 40.9 Å². The van der Waals surface area contributed by atoms with Gasteiger partial charge < -0.3 is 10.1 Å². The second-order valence-corrected chi connectivity index (χ2v) is 5.82. The minimum Gasteiger partial charge on any atom is -0.454 e.